The van der Waals surface area contributed by atoms with Gasteiger partial charge in [0.2, 0.25) is 11.8 Å². The van der Waals surface area contributed by atoms with Gasteiger partial charge in [-0.25, -0.2) is 0 Å². The Bertz CT molecular complexity index is 1470. The lowest BCUT2D eigenvalue weighted by molar-refractivity contribution is -0.302. The summed E-state index contributed by atoms with van der Waals surface area (Å²) in [5.74, 6) is -0.175. The van der Waals surface area contributed by atoms with E-state index in [1.165, 1.54) is 4.85 Å². The molecule has 3 aromatic rings. The molecule has 0 unspecified atom stereocenters. The summed E-state index contributed by atoms with van der Waals surface area (Å²) in [6.45, 7) is 5.81. The number of aromatic nitrogens is 2. The molecule has 250 valence electrons. The number of hydrogen-bond acceptors (Lipinski definition) is 10. The molecule has 1 aromatic heterocycles. The maximum atomic E-state index is 12.9. The van der Waals surface area contributed by atoms with Crippen LogP contribution >= 0.6 is 0 Å². The smallest absolute Gasteiger partial charge is 0.256 e. The van der Waals surface area contributed by atoms with Crippen LogP contribution in [0.15, 0.2) is 48.7 Å². The van der Waals surface area contributed by atoms with E-state index in [0.717, 1.165) is 54.4 Å². The van der Waals surface area contributed by atoms with Gasteiger partial charge in [0.05, 0.1) is 12.8 Å². The molecule has 2 saturated heterocycles. The molecule has 0 saturated carbocycles. The summed E-state index contributed by atoms with van der Waals surface area (Å²) >= 11 is 0. The highest BCUT2D eigenvalue weighted by molar-refractivity contribution is 5.90. The summed E-state index contributed by atoms with van der Waals surface area (Å²) in [6, 6.07) is 14.1. The highest BCUT2D eigenvalue weighted by Gasteiger charge is 2.45. The van der Waals surface area contributed by atoms with Gasteiger partial charge in [-0.15, -0.1) is 5.10 Å². The van der Waals surface area contributed by atoms with Crippen LogP contribution in [0.4, 0.5) is 0 Å². The summed E-state index contributed by atoms with van der Waals surface area (Å²) in [4.78, 5) is 34.2. The molecule has 5 atom stereocenters. The van der Waals surface area contributed by atoms with E-state index in [9.17, 15) is 30.0 Å². The third-order valence-corrected chi connectivity index (χ3v) is 8.69. The minimum Gasteiger partial charge on any atom is -0.394 e. The minimum absolute atomic E-state index is 0.0515. The van der Waals surface area contributed by atoms with Gasteiger partial charge in [0, 0.05) is 38.0 Å². The van der Waals surface area contributed by atoms with E-state index in [1.54, 1.807) is 24.9 Å². The highest BCUT2D eigenvalue weighted by Crippen LogP contribution is 2.24. The Hall–Kier alpha value is -3.59. The van der Waals surface area contributed by atoms with E-state index >= 15 is 0 Å². The number of ether oxygens (including phenoxy) is 1. The standard InChI is InChI=1S/C33H45N5O8/c1-33(2,32(44)37-17-15-34-16-18-37)36-27(40)8-3-5-21-9-11-22(12-10-21)13-14-23-6-4-7-25-24(23)19-35-38(25)46-31-30(43)29(42)28(41)26(20-39)45-31/h4,6-7,9-12,19,26,28-31,34,39,41-43H,3,5,8,13-18,20H2,1-2H3,(H,36,40)/t26-,28-,29+,30-,31+/m1/s1. The normalized spacial score (nSPS) is 23.8. The number of carbonyl (C=O) groups excluding carboxylic acids is 2. The Kier molecular flexibility index (Phi) is 10.9. The summed E-state index contributed by atoms with van der Waals surface area (Å²) in [7, 11) is 0. The number of aliphatic hydroxyl groups is 4. The van der Waals surface area contributed by atoms with Crippen molar-refractivity contribution in [2.75, 3.05) is 32.8 Å². The number of hydrogen-bond donors (Lipinski definition) is 6. The van der Waals surface area contributed by atoms with E-state index in [2.05, 4.69) is 40.0 Å². The minimum atomic E-state index is -1.55. The molecule has 2 aliphatic rings. The van der Waals surface area contributed by atoms with Crippen molar-refractivity contribution in [3.63, 3.8) is 0 Å². The van der Waals surface area contributed by atoms with Crippen LogP contribution in [0, 0.1) is 0 Å². The fourth-order valence-corrected chi connectivity index (χ4v) is 5.97. The first kappa shape index (κ1) is 33.8. The van der Waals surface area contributed by atoms with Gasteiger partial charge in [0.1, 0.15) is 35.5 Å². The molecule has 0 aliphatic carbocycles. The number of nitrogens with one attached hydrogen (secondary N) is 2. The van der Waals surface area contributed by atoms with Gasteiger partial charge in [-0.2, -0.15) is 0 Å². The molecule has 13 nitrogen and oxygen atoms in total. The van der Waals surface area contributed by atoms with Crippen molar-refractivity contribution in [2.24, 2.45) is 0 Å². The van der Waals surface area contributed by atoms with Crippen LogP contribution in [0.3, 0.4) is 0 Å². The molecule has 13 heteroatoms. The van der Waals surface area contributed by atoms with E-state index in [4.69, 9.17) is 9.57 Å². The average molecular weight is 640 g/mol. The number of aryl methyl sites for hydroxylation is 3. The van der Waals surface area contributed by atoms with Gasteiger partial charge in [-0.1, -0.05) is 41.2 Å². The van der Waals surface area contributed by atoms with Crippen molar-refractivity contribution in [1.82, 2.24) is 25.5 Å². The van der Waals surface area contributed by atoms with E-state index in [-0.39, 0.29) is 11.8 Å². The van der Waals surface area contributed by atoms with Crippen LogP contribution in [0.1, 0.15) is 43.4 Å². The van der Waals surface area contributed by atoms with Crippen molar-refractivity contribution >= 4 is 22.7 Å². The third-order valence-electron chi connectivity index (χ3n) is 8.69. The molecule has 2 aliphatic heterocycles. The SMILES string of the molecule is CC(C)(NC(=O)CCCc1ccc(CCc2cccc3c2cnn3O[C@@H]2O[C@H](CO)[C@@H](O)[C@H](O)[C@H]2O)cc1)C(=O)N1CCNCC1. The molecule has 6 N–H and O–H groups in total. The summed E-state index contributed by atoms with van der Waals surface area (Å²) < 4.78 is 5.45. The first-order valence-corrected chi connectivity index (χ1v) is 15.9. The van der Waals surface area contributed by atoms with E-state index in [0.29, 0.717) is 31.4 Å². The number of carbonyl (C=O) groups is 2. The molecule has 0 radical (unpaired) electrons. The van der Waals surface area contributed by atoms with Crippen LogP contribution in [-0.2, 0) is 33.6 Å². The largest absolute Gasteiger partial charge is 0.394 e. The molecule has 0 spiro atoms. The number of aliphatic hydroxyl groups excluding tert-OH is 4. The zero-order chi connectivity index (χ0) is 32.8. The molecule has 2 aromatic carbocycles. The predicted octanol–water partition coefficient (Wildman–Crippen LogP) is -0.301. The van der Waals surface area contributed by atoms with Crippen molar-refractivity contribution < 1.29 is 39.6 Å². The van der Waals surface area contributed by atoms with Gasteiger partial charge in [-0.3, -0.25) is 9.59 Å². The fraction of sp³-hybridized carbons (Fsp3) is 0.545. The zero-order valence-corrected chi connectivity index (χ0v) is 26.3. The molecule has 5 rings (SSSR count). The second-order valence-electron chi connectivity index (χ2n) is 12.6. The molecule has 2 fully saturated rings. The van der Waals surface area contributed by atoms with Gasteiger partial charge in [-0.05, 0) is 62.3 Å². The number of nitrogens with zero attached hydrogens (tertiary/aromatic N) is 3. The van der Waals surface area contributed by atoms with Crippen LogP contribution in [0.2, 0.25) is 0 Å². The maximum absolute atomic E-state index is 12.9. The Morgan fingerprint density at radius 2 is 1.70 bits per heavy atom. The molecule has 3 heterocycles. The zero-order valence-electron chi connectivity index (χ0n) is 26.3. The Morgan fingerprint density at radius 1 is 1.00 bits per heavy atom. The van der Waals surface area contributed by atoms with Gasteiger partial charge in [0.15, 0.2) is 0 Å². The topological polar surface area (TPSA) is 179 Å². The second-order valence-corrected chi connectivity index (χ2v) is 12.6. The number of piperazine rings is 1. The van der Waals surface area contributed by atoms with Crippen LogP contribution < -0.4 is 15.5 Å². The van der Waals surface area contributed by atoms with Crippen molar-refractivity contribution in [3.05, 3.63) is 65.4 Å². The fourth-order valence-electron chi connectivity index (χ4n) is 5.97. The number of rotatable bonds is 12. The van der Waals surface area contributed by atoms with Crippen LogP contribution in [0.5, 0.6) is 0 Å². The monoisotopic (exact) mass is 639 g/mol. The first-order chi connectivity index (χ1) is 22.1. The number of amides is 2. The second kappa shape index (κ2) is 14.9. The van der Waals surface area contributed by atoms with E-state index < -0.39 is 42.9 Å². The molecular weight excluding hydrogens is 594 g/mol. The summed E-state index contributed by atoms with van der Waals surface area (Å²) in [6.07, 6.45) is -2.00. The summed E-state index contributed by atoms with van der Waals surface area (Å²) in [5.41, 5.74) is 3.06. The van der Waals surface area contributed by atoms with Crippen molar-refractivity contribution in [2.45, 2.75) is 82.2 Å². The Balaban J connectivity index is 1.10. The lowest BCUT2D eigenvalue weighted by Gasteiger charge is -2.38. The lowest BCUT2D eigenvalue weighted by atomic mass is 9.99. The summed E-state index contributed by atoms with van der Waals surface area (Å²) in [5, 5.41) is 51.2. The molecule has 2 amide bonds. The van der Waals surface area contributed by atoms with Crippen LogP contribution in [-0.4, -0.2) is 116 Å². The van der Waals surface area contributed by atoms with E-state index in [1.807, 2.05) is 18.2 Å². The first-order valence-electron chi connectivity index (χ1n) is 15.9. The Morgan fingerprint density at radius 3 is 2.39 bits per heavy atom. The Labute approximate surface area is 268 Å². The van der Waals surface area contributed by atoms with Crippen LogP contribution in [0.25, 0.3) is 10.9 Å². The highest BCUT2D eigenvalue weighted by atomic mass is 16.8. The predicted molar refractivity (Wildman–Crippen MR) is 169 cm³/mol. The quantitative estimate of drug-likeness (QED) is 0.154. The van der Waals surface area contributed by atoms with Crippen molar-refractivity contribution in [1.29, 1.82) is 0 Å². The number of benzene rings is 2. The average Bonchev–Trinajstić information content (AvgIpc) is 3.47. The van der Waals surface area contributed by atoms with Crippen molar-refractivity contribution in [3.8, 4) is 0 Å². The van der Waals surface area contributed by atoms with Gasteiger partial charge < -0.3 is 45.5 Å². The molecule has 46 heavy (non-hydrogen) atoms. The molecule has 0 bridgehead atoms. The van der Waals surface area contributed by atoms with Gasteiger partial charge >= 0.3 is 0 Å². The van der Waals surface area contributed by atoms with Gasteiger partial charge in [0.25, 0.3) is 6.29 Å². The number of fused-ring (bicyclic) bond motifs is 1. The lowest BCUT2D eigenvalue weighted by Crippen LogP contribution is -2.61. The molecular formula is C33H45N5O8. The maximum Gasteiger partial charge on any atom is 0.256 e. The third kappa shape index (κ3) is 7.85.